The monoisotopic (exact) mass is 372 g/mol. The molecule has 0 aliphatic heterocycles. The summed E-state index contributed by atoms with van der Waals surface area (Å²) >= 11 is 0. The van der Waals surface area contributed by atoms with Crippen molar-refractivity contribution in [2.75, 3.05) is 0 Å². The second kappa shape index (κ2) is 6.40. The van der Waals surface area contributed by atoms with Crippen LogP contribution in [-0.4, -0.2) is 4.57 Å². The molecular weight excluding hydrogens is 352 g/mol. The molecule has 0 spiro atoms. The second-order valence-corrected chi connectivity index (χ2v) is 7.26. The minimum absolute atomic E-state index is 0. The third kappa shape index (κ3) is 2.77. The van der Waals surface area contributed by atoms with Gasteiger partial charge in [-0.1, -0.05) is 29.8 Å². The van der Waals surface area contributed by atoms with Gasteiger partial charge in [0.2, 0.25) is 5.52 Å². The third-order valence-corrected chi connectivity index (χ3v) is 5.43. The van der Waals surface area contributed by atoms with Gasteiger partial charge in [-0.3, -0.25) is 0 Å². The van der Waals surface area contributed by atoms with Crippen LogP contribution in [0.2, 0.25) is 0 Å². The average molecular weight is 373 g/mol. The van der Waals surface area contributed by atoms with Crippen LogP contribution in [0, 0.1) is 6.92 Å². The predicted octanol–water partition coefficient (Wildman–Crippen LogP) is 2.29. The standard InChI is InChI=1S/C24H21N2.ClH/c1-16-4-5-20-15-26(3)23-9-8-18(13-22(23)21(20)12-16)19-7-6-17-10-11-25(2)24(17)14-19;/h4-15H,1-3H3;1H/q+1;/p-1. The number of fused-ring (bicyclic) bond motifs is 4. The van der Waals surface area contributed by atoms with Gasteiger partial charge in [0.1, 0.15) is 7.05 Å². The average Bonchev–Trinajstić information content (AvgIpc) is 3.03. The summed E-state index contributed by atoms with van der Waals surface area (Å²) in [6, 6.07) is 22.4. The fourth-order valence-corrected chi connectivity index (χ4v) is 3.98. The van der Waals surface area contributed by atoms with Crippen LogP contribution in [0.15, 0.2) is 73.1 Å². The Balaban J connectivity index is 0.00000180. The Labute approximate surface area is 165 Å². The highest BCUT2D eigenvalue weighted by atomic mass is 35.5. The SMILES string of the molecule is Cc1ccc2c[n+](C)c3ccc(-c4ccc5ccn(C)c5c4)cc3c2c1.[Cl-]. The number of halogens is 1. The highest BCUT2D eigenvalue weighted by Gasteiger charge is 2.12. The summed E-state index contributed by atoms with van der Waals surface area (Å²) in [5.41, 5.74) is 6.33. The van der Waals surface area contributed by atoms with Crippen molar-refractivity contribution in [3.8, 4) is 11.1 Å². The van der Waals surface area contributed by atoms with Gasteiger partial charge in [-0.2, -0.15) is 0 Å². The Hall–Kier alpha value is -2.84. The van der Waals surface area contributed by atoms with E-state index in [1.165, 1.54) is 49.3 Å². The minimum atomic E-state index is 0. The smallest absolute Gasteiger partial charge is 0.212 e. The Bertz CT molecular complexity index is 1310. The van der Waals surface area contributed by atoms with Crippen LogP contribution in [0.1, 0.15) is 5.56 Å². The highest BCUT2D eigenvalue weighted by Crippen LogP contribution is 2.30. The molecule has 0 aliphatic rings. The molecule has 0 fully saturated rings. The van der Waals surface area contributed by atoms with Crippen LogP contribution in [0.5, 0.6) is 0 Å². The summed E-state index contributed by atoms with van der Waals surface area (Å²) < 4.78 is 4.40. The molecule has 0 saturated carbocycles. The van der Waals surface area contributed by atoms with Gasteiger partial charge in [-0.05, 0) is 53.8 Å². The molecule has 0 bridgehead atoms. The van der Waals surface area contributed by atoms with E-state index in [0.717, 1.165) is 0 Å². The van der Waals surface area contributed by atoms with Crippen molar-refractivity contribution in [3.63, 3.8) is 0 Å². The van der Waals surface area contributed by atoms with E-state index in [1.54, 1.807) is 0 Å². The minimum Gasteiger partial charge on any atom is -1.00 e. The number of aromatic nitrogens is 2. The second-order valence-electron chi connectivity index (χ2n) is 7.26. The lowest BCUT2D eigenvalue weighted by atomic mass is 9.98. The van der Waals surface area contributed by atoms with Crippen molar-refractivity contribution >= 4 is 32.6 Å². The predicted molar refractivity (Wildman–Crippen MR) is 109 cm³/mol. The number of nitrogens with zero attached hydrogens (tertiary/aromatic N) is 2. The van der Waals surface area contributed by atoms with Crippen molar-refractivity contribution in [1.29, 1.82) is 0 Å². The molecule has 2 nitrogen and oxygen atoms in total. The molecule has 5 aromatic rings. The molecule has 0 aliphatic carbocycles. The summed E-state index contributed by atoms with van der Waals surface area (Å²) in [6.45, 7) is 2.16. The molecule has 3 heteroatoms. The zero-order chi connectivity index (χ0) is 17.8. The molecule has 27 heavy (non-hydrogen) atoms. The first-order chi connectivity index (χ1) is 12.6. The van der Waals surface area contributed by atoms with E-state index in [4.69, 9.17) is 0 Å². The Morgan fingerprint density at radius 3 is 2.37 bits per heavy atom. The first-order valence-electron chi connectivity index (χ1n) is 8.98. The van der Waals surface area contributed by atoms with Gasteiger partial charge in [-0.25, -0.2) is 4.57 Å². The number of rotatable bonds is 1. The van der Waals surface area contributed by atoms with Gasteiger partial charge in [-0.15, -0.1) is 0 Å². The molecule has 0 radical (unpaired) electrons. The molecule has 2 aromatic heterocycles. The highest BCUT2D eigenvalue weighted by molar-refractivity contribution is 6.05. The number of aryl methyl sites for hydroxylation is 3. The van der Waals surface area contributed by atoms with E-state index in [1.807, 2.05) is 0 Å². The van der Waals surface area contributed by atoms with Crippen LogP contribution < -0.4 is 17.0 Å². The Morgan fingerprint density at radius 1 is 0.778 bits per heavy atom. The molecule has 2 heterocycles. The molecule has 0 N–H and O–H groups in total. The number of hydrogen-bond donors (Lipinski definition) is 0. The maximum absolute atomic E-state index is 2.33. The molecule has 134 valence electrons. The van der Waals surface area contributed by atoms with Crippen molar-refractivity contribution in [1.82, 2.24) is 4.57 Å². The summed E-state index contributed by atoms with van der Waals surface area (Å²) in [5, 5.41) is 5.18. The van der Waals surface area contributed by atoms with Crippen LogP contribution >= 0.6 is 0 Å². The van der Waals surface area contributed by atoms with Gasteiger partial charge in [0.05, 0.1) is 5.39 Å². The number of pyridine rings is 1. The summed E-state index contributed by atoms with van der Waals surface area (Å²) in [6.07, 6.45) is 4.33. The lowest BCUT2D eigenvalue weighted by molar-refractivity contribution is -0.643. The fraction of sp³-hybridized carbons (Fsp3) is 0.125. The normalized spacial score (nSPS) is 11.2. The maximum atomic E-state index is 2.33. The van der Waals surface area contributed by atoms with Crippen molar-refractivity contribution < 1.29 is 17.0 Å². The summed E-state index contributed by atoms with van der Waals surface area (Å²) in [5.74, 6) is 0. The Kier molecular flexibility index (Phi) is 4.16. The number of hydrogen-bond acceptors (Lipinski definition) is 0. The van der Waals surface area contributed by atoms with E-state index in [-0.39, 0.29) is 12.4 Å². The summed E-state index contributed by atoms with van der Waals surface area (Å²) in [4.78, 5) is 0. The first kappa shape index (κ1) is 17.6. The van der Waals surface area contributed by atoms with Gasteiger partial charge >= 0.3 is 0 Å². The van der Waals surface area contributed by atoms with Crippen molar-refractivity contribution in [3.05, 3.63) is 78.6 Å². The fourth-order valence-electron chi connectivity index (χ4n) is 3.98. The molecule has 0 amide bonds. The van der Waals surface area contributed by atoms with Crippen LogP contribution in [0.25, 0.3) is 43.7 Å². The van der Waals surface area contributed by atoms with Gasteiger partial charge in [0.15, 0.2) is 6.20 Å². The van der Waals surface area contributed by atoms with Gasteiger partial charge < -0.3 is 17.0 Å². The van der Waals surface area contributed by atoms with E-state index >= 15 is 0 Å². The molecule has 3 aromatic carbocycles. The molecule has 0 unspecified atom stereocenters. The van der Waals surface area contributed by atoms with E-state index in [9.17, 15) is 0 Å². The largest absolute Gasteiger partial charge is 1.00 e. The van der Waals surface area contributed by atoms with Crippen molar-refractivity contribution in [2.45, 2.75) is 6.92 Å². The molecule has 0 saturated heterocycles. The van der Waals surface area contributed by atoms with Gasteiger partial charge in [0.25, 0.3) is 0 Å². The quantitative estimate of drug-likeness (QED) is 0.315. The van der Waals surface area contributed by atoms with E-state index in [0.29, 0.717) is 0 Å². The van der Waals surface area contributed by atoms with E-state index in [2.05, 4.69) is 103 Å². The van der Waals surface area contributed by atoms with Crippen molar-refractivity contribution in [2.24, 2.45) is 14.1 Å². The molecular formula is C24H21ClN2. The number of benzene rings is 3. The topological polar surface area (TPSA) is 8.81 Å². The van der Waals surface area contributed by atoms with Crippen LogP contribution in [0.4, 0.5) is 0 Å². The summed E-state index contributed by atoms with van der Waals surface area (Å²) in [7, 11) is 4.22. The third-order valence-electron chi connectivity index (χ3n) is 5.43. The zero-order valence-corrected chi connectivity index (χ0v) is 16.5. The Morgan fingerprint density at radius 2 is 1.52 bits per heavy atom. The first-order valence-corrected chi connectivity index (χ1v) is 8.98. The van der Waals surface area contributed by atoms with Crippen LogP contribution in [0.3, 0.4) is 0 Å². The zero-order valence-electron chi connectivity index (χ0n) is 15.7. The van der Waals surface area contributed by atoms with Crippen LogP contribution in [-0.2, 0) is 14.1 Å². The lowest BCUT2D eigenvalue weighted by Crippen LogP contribution is -3.00. The van der Waals surface area contributed by atoms with E-state index < -0.39 is 0 Å². The molecule has 5 rings (SSSR count). The molecule has 0 atom stereocenters. The maximum Gasteiger partial charge on any atom is 0.212 e. The van der Waals surface area contributed by atoms with Gasteiger partial charge in [0, 0.05) is 35.6 Å². The lowest BCUT2D eigenvalue weighted by Gasteiger charge is -2.08.